The van der Waals surface area contributed by atoms with Gasteiger partial charge in [-0.05, 0) is 24.4 Å². The Morgan fingerprint density at radius 3 is 2.84 bits per heavy atom. The molecule has 0 bridgehead atoms. The third-order valence-electron chi connectivity index (χ3n) is 2.87. The van der Waals surface area contributed by atoms with Crippen molar-refractivity contribution in [3.8, 4) is 0 Å². The smallest absolute Gasteiger partial charge is 0.136 e. The molecule has 5 nitrogen and oxygen atoms in total. The molecule has 1 rings (SSSR count). The van der Waals surface area contributed by atoms with E-state index in [-0.39, 0.29) is 6.10 Å². The van der Waals surface area contributed by atoms with Crippen molar-refractivity contribution >= 4 is 0 Å². The minimum absolute atomic E-state index is 0.111. The molecule has 1 atom stereocenters. The molecule has 104 valence electrons. The van der Waals surface area contributed by atoms with Crippen LogP contribution in [0.15, 0.2) is 54.9 Å². The van der Waals surface area contributed by atoms with Crippen LogP contribution in [0.4, 0.5) is 0 Å². The SMILES string of the molecule is C=CCCC(CC=C)OCN1C=CN(C)/C1=C/N=O. The van der Waals surface area contributed by atoms with Gasteiger partial charge in [0, 0.05) is 19.4 Å². The van der Waals surface area contributed by atoms with Gasteiger partial charge in [0.2, 0.25) is 0 Å². The first-order chi connectivity index (χ1) is 9.22. The number of hydrogen-bond acceptors (Lipinski definition) is 5. The van der Waals surface area contributed by atoms with Crippen molar-refractivity contribution in [3.05, 3.63) is 54.6 Å². The standard InChI is InChI=1S/C14H21N3O2/c1-4-6-8-13(7-5-2)19-12-17-10-9-16(3)14(17)11-15-18/h4-5,9-11,13H,1-2,6-8,12H2,3H3/b14-11-. The van der Waals surface area contributed by atoms with Gasteiger partial charge in [0.05, 0.1) is 6.10 Å². The van der Waals surface area contributed by atoms with Crippen LogP contribution in [-0.2, 0) is 4.74 Å². The summed E-state index contributed by atoms with van der Waals surface area (Å²) in [6.45, 7) is 7.83. The molecule has 0 amide bonds. The Hall–Kier alpha value is -1.88. The summed E-state index contributed by atoms with van der Waals surface area (Å²) in [7, 11) is 1.85. The molecule has 0 aliphatic carbocycles. The molecule has 0 radical (unpaired) electrons. The van der Waals surface area contributed by atoms with Gasteiger partial charge in [0.15, 0.2) is 0 Å². The minimum Gasteiger partial charge on any atom is -0.357 e. The summed E-state index contributed by atoms with van der Waals surface area (Å²) >= 11 is 0. The number of nitroso groups, excluding NO2 is 1. The van der Waals surface area contributed by atoms with Crippen LogP contribution in [0.3, 0.4) is 0 Å². The van der Waals surface area contributed by atoms with Gasteiger partial charge in [-0.2, -0.15) is 0 Å². The van der Waals surface area contributed by atoms with Crippen molar-refractivity contribution in [3.63, 3.8) is 0 Å². The zero-order valence-electron chi connectivity index (χ0n) is 11.4. The number of allylic oxidation sites excluding steroid dienone is 1. The Kier molecular flexibility index (Phi) is 6.60. The van der Waals surface area contributed by atoms with Crippen molar-refractivity contribution in [1.82, 2.24) is 9.80 Å². The first-order valence-electron chi connectivity index (χ1n) is 6.26. The zero-order chi connectivity index (χ0) is 14.1. The molecule has 1 heterocycles. The zero-order valence-corrected chi connectivity index (χ0v) is 11.4. The molecular formula is C14H21N3O2. The second-order valence-electron chi connectivity index (χ2n) is 4.28. The highest BCUT2D eigenvalue weighted by Crippen LogP contribution is 2.19. The molecule has 0 N–H and O–H groups in total. The van der Waals surface area contributed by atoms with Gasteiger partial charge >= 0.3 is 0 Å². The Bertz CT molecular complexity index is 377. The summed E-state index contributed by atoms with van der Waals surface area (Å²) in [5.41, 5.74) is 0. The lowest BCUT2D eigenvalue weighted by Gasteiger charge is -2.24. The molecule has 1 unspecified atom stereocenters. The topological polar surface area (TPSA) is 45.1 Å². The van der Waals surface area contributed by atoms with Crippen molar-refractivity contribution in [2.45, 2.75) is 25.4 Å². The molecule has 0 aromatic heterocycles. The molecule has 0 fully saturated rings. The lowest BCUT2D eigenvalue weighted by Crippen LogP contribution is -2.26. The van der Waals surface area contributed by atoms with Crippen LogP contribution in [0.5, 0.6) is 0 Å². The van der Waals surface area contributed by atoms with Gasteiger partial charge in [-0.1, -0.05) is 12.2 Å². The van der Waals surface area contributed by atoms with Crippen LogP contribution in [0, 0.1) is 4.91 Å². The summed E-state index contributed by atoms with van der Waals surface area (Å²) < 4.78 is 5.84. The van der Waals surface area contributed by atoms with Gasteiger partial charge in [0.25, 0.3) is 0 Å². The van der Waals surface area contributed by atoms with E-state index in [0.717, 1.165) is 19.3 Å². The summed E-state index contributed by atoms with van der Waals surface area (Å²) in [5, 5.41) is 2.81. The summed E-state index contributed by atoms with van der Waals surface area (Å²) in [4.78, 5) is 14.0. The van der Waals surface area contributed by atoms with Crippen LogP contribution < -0.4 is 0 Å². The van der Waals surface area contributed by atoms with E-state index >= 15 is 0 Å². The monoisotopic (exact) mass is 263 g/mol. The number of hydrogen-bond donors (Lipinski definition) is 0. The molecule has 0 aromatic rings. The quantitative estimate of drug-likeness (QED) is 0.473. The second-order valence-corrected chi connectivity index (χ2v) is 4.28. The van der Waals surface area contributed by atoms with E-state index in [2.05, 4.69) is 18.3 Å². The fourth-order valence-electron chi connectivity index (χ4n) is 1.80. The van der Waals surface area contributed by atoms with Crippen molar-refractivity contribution in [2.24, 2.45) is 5.18 Å². The molecule has 1 aliphatic rings. The van der Waals surface area contributed by atoms with Crippen molar-refractivity contribution < 1.29 is 4.74 Å². The molecule has 0 aromatic carbocycles. The predicted molar refractivity (Wildman–Crippen MR) is 76.6 cm³/mol. The third kappa shape index (κ3) is 4.71. The van der Waals surface area contributed by atoms with E-state index in [9.17, 15) is 4.91 Å². The third-order valence-corrected chi connectivity index (χ3v) is 2.87. The van der Waals surface area contributed by atoms with Crippen molar-refractivity contribution in [1.29, 1.82) is 0 Å². The molecule has 1 aliphatic heterocycles. The normalized spacial score (nSPS) is 17.8. The van der Waals surface area contributed by atoms with Gasteiger partial charge in [-0.15, -0.1) is 18.1 Å². The molecule has 0 saturated carbocycles. The largest absolute Gasteiger partial charge is 0.357 e. The fraction of sp³-hybridized carbons (Fsp3) is 0.429. The van der Waals surface area contributed by atoms with Crippen molar-refractivity contribution in [2.75, 3.05) is 13.8 Å². The van der Waals surface area contributed by atoms with E-state index in [1.165, 1.54) is 6.20 Å². The van der Waals surface area contributed by atoms with Crippen LogP contribution >= 0.6 is 0 Å². The van der Waals surface area contributed by atoms with E-state index in [1.54, 1.807) is 0 Å². The predicted octanol–water partition coefficient (Wildman–Crippen LogP) is 3.16. The highest BCUT2D eigenvalue weighted by molar-refractivity contribution is 5.12. The Balaban J connectivity index is 2.51. The number of nitrogens with zero attached hydrogens (tertiary/aromatic N) is 3. The first kappa shape index (κ1) is 15.2. The Morgan fingerprint density at radius 1 is 1.42 bits per heavy atom. The van der Waals surface area contributed by atoms with E-state index in [1.807, 2.05) is 41.4 Å². The number of ether oxygens (including phenoxy) is 1. The summed E-state index contributed by atoms with van der Waals surface area (Å²) in [5.74, 6) is 0.705. The van der Waals surface area contributed by atoms with Gasteiger partial charge in [-0.3, -0.25) is 0 Å². The lowest BCUT2D eigenvalue weighted by molar-refractivity contribution is 0.00164. The average molecular weight is 263 g/mol. The van der Waals surface area contributed by atoms with E-state index in [0.29, 0.717) is 12.6 Å². The highest BCUT2D eigenvalue weighted by Gasteiger charge is 2.18. The first-order valence-corrected chi connectivity index (χ1v) is 6.26. The van der Waals surface area contributed by atoms with Gasteiger partial charge in [-0.25, -0.2) is 0 Å². The average Bonchev–Trinajstić information content (AvgIpc) is 2.75. The van der Waals surface area contributed by atoms with Crippen LogP contribution in [0.25, 0.3) is 0 Å². The Labute approximate surface area is 114 Å². The van der Waals surface area contributed by atoms with E-state index in [4.69, 9.17) is 4.74 Å². The molecule has 0 saturated heterocycles. The highest BCUT2D eigenvalue weighted by atomic mass is 16.5. The maximum Gasteiger partial charge on any atom is 0.136 e. The summed E-state index contributed by atoms with van der Waals surface area (Å²) in [6.07, 6.45) is 11.4. The maximum atomic E-state index is 10.4. The Morgan fingerprint density at radius 2 is 2.21 bits per heavy atom. The van der Waals surface area contributed by atoms with Gasteiger partial charge < -0.3 is 14.5 Å². The molecule has 5 heteroatoms. The fourth-order valence-corrected chi connectivity index (χ4v) is 1.80. The van der Waals surface area contributed by atoms with Gasteiger partial charge in [0.1, 0.15) is 18.8 Å². The van der Waals surface area contributed by atoms with Crippen LogP contribution in [0.2, 0.25) is 0 Å². The van der Waals surface area contributed by atoms with Crippen LogP contribution in [0.1, 0.15) is 19.3 Å². The molecule has 19 heavy (non-hydrogen) atoms. The maximum absolute atomic E-state index is 10.4. The van der Waals surface area contributed by atoms with E-state index < -0.39 is 0 Å². The summed E-state index contributed by atoms with van der Waals surface area (Å²) in [6, 6.07) is 0. The van der Waals surface area contributed by atoms with Crippen LogP contribution in [-0.4, -0.2) is 29.7 Å². The second kappa shape index (κ2) is 8.26. The number of rotatable bonds is 9. The minimum atomic E-state index is 0.111. The molecule has 0 spiro atoms. The lowest BCUT2D eigenvalue weighted by atomic mass is 10.1. The molecular weight excluding hydrogens is 242 g/mol.